The lowest BCUT2D eigenvalue weighted by atomic mass is 10.2. The molecule has 0 spiro atoms. The van der Waals surface area contributed by atoms with Gasteiger partial charge in [0.25, 0.3) is 5.91 Å². The number of amides is 1. The molecule has 0 saturated heterocycles. The predicted molar refractivity (Wildman–Crippen MR) is 88.2 cm³/mol. The van der Waals surface area contributed by atoms with Crippen LogP contribution in [-0.2, 0) is 6.42 Å². The molecule has 2 aromatic heterocycles. The number of benzene rings is 1. The Balaban J connectivity index is 1.73. The van der Waals surface area contributed by atoms with Gasteiger partial charge in [-0.2, -0.15) is 0 Å². The van der Waals surface area contributed by atoms with Crippen molar-refractivity contribution in [2.24, 2.45) is 0 Å². The second-order valence-electron chi connectivity index (χ2n) is 5.22. The van der Waals surface area contributed by atoms with Gasteiger partial charge in [0.05, 0.1) is 0 Å². The Kier molecular flexibility index (Phi) is 4.11. The van der Waals surface area contributed by atoms with E-state index in [-0.39, 0.29) is 5.91 Å². The average Bonchev–Trinajstić information content (AvgIpc) is 2.98. The fraction of sp³-hybridized carbons (Fsp3) is 0.176. The van der Waals surface area contributed by atoms with Crippen LogP contribution in [-0.4, -0.2) is 34.4 Å². The molecule has 0 saturated carbocycles. The monoisotopic (exact) mass is 313 g/mol. The highest BCUT2D eigenvalue weighted by Crippen LogP contribution is 2.24. The quantitative estimate of drug-likeness (QED) is 0.801. The Morgan fingerprint density at radius 1 is 1.27 bits per heavy atom. The molecule has 0 aliphatic heterocycles. The Morgan fingerprint density at radius 2 is 2.05 bits per heavy atom. The first-order valence-electron chi connectivity index (χ1n) is 7.07. The molecule has 2 heterocycles. The number of H-pyrrole nitrogens is 1. The second-order valence-corrected chi connectivity index (χ2v) is 5.62. The first kappa shape index (κ1) is 14.6. The lowest BCUT2D eigenvalue weighted by Crippen LogP contribution is -2.29. The molecule has 0 unspecified atom stereocenters. The summed E-state index contributed by atoms with van der Waals surface area (Å²) in [6.07, 6.45) is 4.32. The van der Waals surface area contributed by atoms with E-state index < -0.39 is 0 Å². The van der Waals surface area contributed by atoms with E-state index in [0.29, 0.717) is 17.3 Å². The van der Waals surface area contributed by atoms with E-state index in [9.17, 15) is 4.79 Å². The van der Waals surface area contributed by atoms with Crippen LogP contribution >= 0.6 is 11.6 Å². The number of hydrogen-bond acceptors (Lipinski definition) is 2. The van der Waals surface area contributed by atoms with Crippen molar-refractivity contribution in [1.82, 2.24) is 14.9 Å². The summed E-state index contributed by atoms with van der Waals surface area (Å²) in [6, 6.07) is 11.3. The third-order valence-electron chi connectivity index (χ3n) is 3.67. The van der Waals surface area contributed by atoms with Crippen LogP contribution in [0.4, 0.5) is 0 Å². The molecule has 0 bridgehead atoms. The van der Waals surface area contributed by atoms with Crippen molar-refractivity contribution in [3.8, 4) is 0 Å². The van der Waals surface area contributed by atoms with Crippen LogP contribution in [0, 0.1) is 0 Å². The van der Waals surface area contributed by atoms with Crippen molar-refractivity contribution in [3.05, 3.63) is 65.1 Å². The van der Waals surface area contributed by atoms with Gasteiger partial charge in [-0.05, 0) is 42.3 Å². The van der Waals surface area contributed by atoms with Crippen molar-refractivity contribution < 1.29 is 4.79 Å². The van der Waals surface area contributed by atoms with Crippen LogP contribution in [0.3, 0.4) is 0 Å². The van der Waals surface area contributed by atoms with Gasteiger partial charge in [0.2, 0.25) is 0 Å². The molecular weight excluding hydrogens is 298 g/mol. The van der Waals surface area contributed by atoms with Crippen molar-refractivity contribution in [3.63, 3.8) is 0 Å². The second kappa shape index (κ2) is 6.20. The van der Waals surface area contributed by atoms with Gasteiger partial charge >= 0.3 is 0 Å². The van der Waals surface area contributed by atoms with E-state index in [2.05, 4.69) is 9.97 Å². The van der Waals surface area contributed by atoms with Gasteiger partial charge in [-0.15, -0.1) is 0 Å². The SMILES string of the molecule is CN(CCc1ccncc1)C(=O)c1cc2c(Cl)cccc2[nH]1. The number of carbonyl (C=O) groups is 1. The summed E-state index contributed by atoms with van der Waals surface area (Å²) in [5.41, 5.74) is 2.59. The summed E-state index contributed by atoms with van der Waals surface area (Å²) < 4.78 is 0. The number of hydrogen-bond donors (Lipinski definition) is 1. The van der Waals surface area contributed by atoms with Crippen LogP contribution in [0.2, 0.25) is 5.02 Å². The number of rotatable bonds is 4. The molecular formula is C17H16ClN3O. The van der Waals surface area contributed by atoms with Crippen molar-refractivity contribution >= 4 is 28.4 Å². The molecule has 1 N–H and O–H groups in total. The van der Waals surface area contributed by atoms with Crippen LogP contribution in [0.1, 0.15) is 16.1 Å². The number of halogens is 1. The van der Waals surface area contributed by atoms with Crippen molar-refractivity contribution in [2.75, 3.05) is 13.6 Å². The number of aromatic nitrogens is 2. The van der Waals surface area contributed by atoms with Gasteiger partial charge in [0, 0.05) is 41.9 Å². The number of fused-ring (bicyclic) bond motifs is 1. The van der Waals surface area contributed by atoms with E-state index in [1.807, 2.05) is 36.4 Å². The Labute approximate surface area is 133 Å². The largest absolute Gasteiger partial charge is 0.350 e. The molecule has 0 aliphatic rings. The molecule has 3 aromatic rings. The first-order chi connectivity index (χ1) is 10.6. The van der Waals surface area contributed by atoms with Gasteiger partial charge < -0.3 is 9.88 Å². The molecule has 1 aromatic carbocycles. The van der Waals surface area contributed by atoms with E-state index >= 15 is 0 Å². The minimum absolute atomic E-state index is 0.0404. The number of aromatic amines is 1. The van der Waals surface area contributed by atoms with E-state index in [4.69, 9.17) is 11.6 Å². The normalized spacial score (nSPS) is 10.8. The van der Waals surface area contributed by atoms with E-state index in [1.54, 1.807) is 24.3 Å². The Hall–Kier alpha value is -2.33. The molecule has 0 atom stereocenters. The molecule has 4 nitrogen and oxygen atoms in total. The lowest BCUT2D eigenvalue weighted by Gasteiger charge is -2.16. The molecule has 0 fully saturated rings. The topological polar surface area (TPSA) is 49.0 Å². The number of likely N-dealkylation sites (N-methyl/N-ethyl adjacent to an activating group) is 1. The third kappa shape index (κ3) is 2.97. The summed E-state index contributed by atoms with van der Waals surface area (Å²) in [6.45, 7) is 0.645. The first-order valence-corrected chi connectivity index (χ1v) is 7.44. The van der Waals surface area contributed by atoms with E-state index in [1.165, 1.54) is 0 Å². The molecule has 0 aliphatic carbocycles. The zero-order valence-corrected chi connectivity index (χ0v) is 13.0. The van der Waals surface area contributed by atoms with Crippen molar-refractivity contribution in [1.29, 1.82) is 0 Å². The highest BCUT2D eigenvalue weighted by Gasteiger charge is 2.15. The van der Waals surface area contributed by atoms with Gasteiger partial charge in [-0.1, -0.05) is 17.7 Å². The van der Waals surface area contributed by atoms with Crippen LogP contribution in [0.15, 0.2) is 48.8 Å². The number of carbonyl (C=O) groups excluding carboxylic acids is 1. The summed E-state index contributed by atoms with van der Waals surface area (Å²) in [7, 11) is 1.80. The fourth-order valence-corrected chi connectivity index (χ4v) is 2.62. The number of pyridine rings is 1. The average molecular weight is 314 g/mol. The number of nitrogens with zero attached hydrogens (tertiary/aromatic N) is 2. The molecule has 1 amide bonds. The maximum Gasteiger partial charge on any atom is 0.270 e. The Bertz CT molecular complexity index is 798. The third-order valence-corrected chi connectivity index (χ3v) is 4.00. The molecule has 0 radical (unpaired) electrons. The van der Waals surface area contributed by atoms with Crippen LogP contribution < -0.4 is 0 Å². The zero-order valence-electron chi connectivity index (χ0n) is 12.2. The smallest absolute Gasteiger partial charge is 0.270 e. The maximum absolute atomic E-state index is 12.5. The summed E-state index contributed by atoms with van der Waals surface area (Å²) in [5.74, 6) is -0.0404. The minimum atomic E-state index is -0.0404. The van der Waals surface area contributed by atoms with Crippen LogP contribution in [0.25, 0.3) is 10.9 Å². The lowest BCUT2D eigenvalue weighted by molar-refractivity contribution is 0.0792. The van der Waals surface area contributed by atoms with Gasteiger partial charge in [-0.25, -0.2) is 0 Å². The van der Waals surface area contributed by atoms with E-state index in [0.717, 1.165) is 22.9 Å². The highest BCUT2D eigenvalue weighted by atomic mass is 35.5. The predicted octanol–water partition coefficient (Wildman–Crippen LogP) is 3.53. The summed E-state index contributed by atoms with van der Waals surface area (Å²) in [4.78, 5) is 21.3. The van der Waals surface area contributed by atoms with Gasteiger partial charge in [-0.3, -0.25) is 9.78 Å². The van der Waals surface area contributed by atoms with Crippen molar-refractivity contribution in [2.45, 2.75) is 6.42 Å². The van der Waals surface area contributed by atoms with Gasteiger partial charge in [0.1, 0.15) is 5.69 Å². The zero-order chi connectivity index (χ0) is 15.5. The van der Waals surface area contributed by atoms with Gasteiger partial charge in [0.15, 0.2) is 0 Å². The summed E-state index contributed by atoms with van der Waals surface area (Å²) in [5, 5.41) is 1.52. The Morgan fingerprint density at radius 3 is 2.77 bits per heavy atom. The molecule has 112 valence electrons. The number of nitrogens with one attached hydrogen (secondary N) is 1. The molecule has 5 heteroatoms. The molecule has 3 rings (SSSR count). The maximum atomic E-state index is 12.5. The summed E-state index contributed by atoms with van der Waals surface area (Å²) >= 11 is 6.15. The highest BCUT2D eigenvalue weighted by molar-refractivity contribution is 6.35. The minimum Gasteiger partial charge on any atom is -0.350 e. The van der Waals surface area contributed by atoms with Crippen LogP contribution in [0.5, 0.6) is 0 Å². The fourth-order valence-electron chi connectivity index (χ4n) is 2.39. The standard InChI is InChI=1S/C17H16ClN3O/c1-21(10-7-12-5-8-19-9-6-12)17(22)16-11-13-14(18)3-2-4-15(13)20-16/h2-6,8-9,11,20H,7,10H2,1H3. The molecule has 22 heavy (non-hydrogen) atoms.